The minimum Gasteiger partial charge on any atom is -0.505 e. The van der Waals surface area contributed by atoms with Crippen LogP contribution in [0.1, 0.15) is 11.1 Å². The van der Waals surface area contributed by atoms with Gasteiger partial charge in [0.2, 0.25) is 0 Å². The van der Waals surface area contributed by atoms with E-state index in [1.54, 1.807) is 30.3 Å². The Morgan fingerprint density at radius 1 is 1.06 bits per heavy atom. The molecule has 6 nitrogen and oxygen atoms in total. The number of carbonyl (C=O) groups is 1. The number of aromatic nitrogens is 2. The van der Waals surface area contributed by atoms with Crippen LogP contribution >= 0.6 is 23.2 Å². The highest BCUT2D eigenvalue weighted by Gasteiger charge is 2.32. The molecule has 0 unspecified atom stereocenters. The van der Waals surface area contributed by atoms with Gasteiger partial charge in [0.15, 0.2) is 5.75 Å². The van der Waals surface area contributed by atoms with Crippen LogP contribution in [-0.4, -0.2) is 20.9 Å². The van der Waals surface area contributed by atoms with Gasteiger partial charge < -0.3 is 15.7 Å². The molecule has 3 aromatic carbocycles. The lowest BCUT2D eigenvalue weighted by Crippen LogP contribution is -2.20. The van der Waals surface area contributed by atoms with E-state index in [1.807, 2.05) is 0 Å². The van der Waals surface area contributed by atoms with E-state index in [0.29, 0.717) is 22.3 Å². The molecule has 0 bridgehead atoms. The number of rotatable bonds is 4. The summed E-state index contributed by atoms with van der Waals surface area (Å²) in [7, 11) is 0. The smallest absolute Gasteiger partial charge is 0.416 e. The third-order valence-corrected chi connectivity index (χ3v) is 5.55. The first-order chi connectivity index (χ1) is 15.6. The first-order valence-corrected chi connectivity index (χ1v) is 10.3. The van der Waals surface area contributed by atoms with Crippen molar-refractivity contribution in [2.45, 2.75) is 12.7 Å². The Morgan fingerprint density at radius 2 is 1.73 bits per heavy atom. The summed E-state index contributed by atoms with van der Waals surface area (Å²) < 4.78 is 40.4. The molecule has 1 aromatic heterocycles. The first-order valence-electron chi connectivity index (χ1n) is 9.50. The number of nitrogens with zero attached hydrogens (tertiary/aromatic N) is 2. The molecular weight excluding hydrogens is 480 g/mol. The zero-order valence-corrected chi connectivity index (χ0v) is 18.1. The Labute approximate surface area is 195 Å². The Kier molecular flexibility index (Phi) is 6.09. The molecule has 4 rings (SSSR count). The van der Waals surface area contributed by atoms with E-state index in [4.69, 9.17) is 23.2 Å². The Balaban J connectivity index is 1.46. The van der Waals surface area contributed by atoms with Crippen LogP contribution in [0.25, 0.3) is 10.9 Å². The fourth-order valence-electron chi connectivity index (χ4n) is 3.24. The van der Waals surface area contributed by atoms with Crippen LogP contribution in [-0.2, 0) is 12.7 Å². The molecule has 0 radical (unpaired) electrons. The number of amides is 1. The van der Waals surface area contributed by atoms with Crippen molar-refractivity contribution >= 4 is 51.5 Å². The van der Waals surface area contributed by atoms with Crippen LogP contribution in [0.2, 0.25) is 10.0 Å². The number of hydrogen-bond acceptors (Lipinski definition) is 4. The van der Waals surface area contributed by atoms with Gasteiger partial charge in [0.05, 0.1) is 27.3 Å². The van der Waals surface area contributed by atoms with Gasteiger partial charge in [0.25, 0.3) is 0 Å². The summed E-state index contributed by atoms with van der Waals surface area (Å²) in [5.74, 6) is -0.299. The van der Waals surface area contributed by atoms with Gasteiger partial charge in [-0.25, -0.2) is 4.79 Å². The van der Waals surface area contributed by atoms with Crippen molar-refractivity contribution in [1.29, 1.82) is 0 Å². The summed E-state index contributed by atoms with van der Waals surface area (Å²) in [6, 6.07) is 12.5. The molecule has 4 aromatic rings. The predicted molar refractivity (Wildman–Crippen MR) is 121 cm³/mol. The van der Waals surface area contributed by atoms with Gasteiger partial charge in [-0.2, -0.15) is 23.0 Å². The molecule has 0 atom stereocenters. The van der Waals surface area contributed by atoms with Gasteiger partial charge in [-0.05, 0) is 42.0 Å². The topological polar surface area (TPSA) is 79.2 Å². The third-order valence-electron chi connectivity index (χ3n) is 4.87. The van der Waals surface area contributed by atoms with E-state index < -0.39 is 17.8 Å². The Bertz CT molecular complexity index is 1340. The standard InChI is InChI=1S/C22H15Cl2F3N4O2/c23-17-9-18-15(19(24)20(17)32)11-29-31(18)21(33)30-14-7-5-13(6-8-14)28-10-12-3-1-2-4-16(12)22(25,26)27/h1-9,11,28,32H,10H2,(H,30,33). The highest BCUT2D eigenvalue weighted by Crippen LogP contribution is 2.38. The second-order valence-corrected chi connectivity index (χ2v) is 7.81. The molecular formula is C22H15Cl2F3N4O2. The van der Waals surface area contributed by atoms with Crippen LogP contribution in [0.15, 0.2) is 60.8 Å². The maximum atomic E-state index is 13.1. The number of phenols is 1. The molecule has 1 heterocycles. The number of alkyl halides is 3. The van der Waals surface area contributed by atoms with Gasteiger partial charge >= 0.3 is 12.2 Å². The van der Waals surface area contributed by atoms with Crippen LogP contribution in [0, 0.1) is 0 Å². The van der Waals surface area contributed by atoms with Gasteiger partial charge in [-0.15, -0.1) is 0 Å². The van der Waals surface area contributed by atoms with Gasteiger partial charge in [-0.3, -0.25) is 0 Å². The first kappa shape index (κ1) is 22.8. The lowest BCUT2D eigenvalue weighted by molar-refractivity contribution is -0.138. The molecule has 0 fully saturated rings. The number of fused-ring (bicyclic) bond motifs is 1. The van der Waals surface area contributed by atoms with Crippen LogP contribution in [0.4, 0.5) is 29.3 Å². The lowest BCUT2D eigenvalue weighted by Gasteiger charge is -2.14. The van der Waals surface area contributed by atoms with Crippen molar-refractivity contribution in [1.82, 2.24) is 9.78 Å². The maximum absolute atomic E-state index is 13.1. The highest BCUT2D eigenvalue weighted by molar-refractivity contribution is 6.41. The Hall–Kier alpha value is -3.43. The molecule has 1 amide bonds. The molecule has 0 spiro atoms. The van der Waals surface area contributed by atoms with Crippen molar-refractivity contribution in [3.8, 4) is 5.75 Å². The van der Waals surface area contributed by atoms with E-state index in [-0.39, 0.29) is 27.9 Å². The SMILES string of the molecule is O=C(Nc1ccc(NCc2ccccc2C(F)(F)F)cc1)n1ncc2c(Cl)c(O)c(Cl)cc21. The Morgan fingerprint density at radius 3 is 2.42 bits per heavy atom. The van der Waals surface area contributed by atoms with Crippen LogP contribution in [0.5, 0.6) is 5.75 Å². The average Bonchev–Trinajstić information content (AvgIpc) is 3.20. The zero-order valence-electron chi connectivity index (χ0n) is 16.6. The number of hydrogen-bond donors (Lipinski definition) is 3. The van der Waals surface area contributed by atoms with E-state index in [9.17, 15) is 23.1 Å². The monoisotopic (exact) mass is 494 g/mol. The predicted octanol–water partition coefficient (Wildman–Crippen LogP) is 6.76. The van der Waals surface area contributed by atoms with Gasteiger partial charge in [0.1, 0.15) is 0 Å². The van der Waals surface area contributed by atoms with E-state index in [1.165, 1.54) is 24.4 Å². The molecule has 11 heteroatoms. The summed E-state index contributed by atoms with van der Waals surface area (Å²) >= 11 is 12.0. The number of carbonyl (C=O) groups excluding carboxylic acids is 1. The number of anilines is 2. The van der Waals surface area contributed by atoms with E-state index >= 15 is 0 Å². The highest BCUT2D eigenvalue weighted by atomic mass is 35.5. The van der Waals surface area contributed by atoms with Crippen LogP contribution < -0.4 is 10.6 Å². The largest absolute Gasteiger partial charge is 0.505 e. The van der Waals surface area contributed by atoms with Crippen molar-refractivity contribution in [3.63, 3.8) is 0 Å². The summed E-state index contributed by atoms with van der Waals surface area (Å²) in [5.41, 5.74) is 0.740. The zero-order chi connectivity index (χ0) is 23.8. The number of nitrogens with one attached hydrogen (secondary N) is 2. The number of halogens is 5. The van der Waals surface area contributed by atoms with Gasteiger partial charge in [0, 0.05) is 23.3 Å². The molecule has 0 aliphatic rings. The number of phenolic OH excluding ortho intramolecular Hbond substituents is 1. The molecule has 0 saturated heterocycles. The molecule has 33 heavy (non-hydrogen) atoms. The normalized spacial score (nSPS) is 11.5. The molecule has 170 valence electrons. The van der Waals surface area contributed by atoms with Crippen LogP contribution in [0.3, 0.4) is 0 Å². The number of benzene rings is 3. The van der Waals surface area contributed by atoms with Crippen molar-refractivity contribution < 1.29 is 23.1 Å². The fourth-order valence-corrected chi connectivity index (χ4v) is 3.74. The third kappa shape index (κ3) is 4.69. The van der Waals surface area contributed by atoms with Crippen molar-refractivity contribution in [2.75, 3.05) is 10.6 Å². The quantitative estimate of drug-likeness (QED) is 0.292. The molecule has 0 aliphatic carbocycles. The second kappa shape index (κ2) is 8.84. The van der Waals surface area contributed by atoms with Crippen molar-refractivity contribution in [2.24, 2.45) is 0 Å². The molecule has 0 saturated carbocycles. The minimum absolute atomic E-state index is 0.0147. The summed E-state index contributed by atoms with van der Waals surface area (Å²) in [5, 5.41) is 19.7. The van der Waals surface area contributed by atoms with E-state index in [0.717, 1.165) is 10.7 Å². The average molecular weight is 495 g/mol. The summed E-state index contributed by atoms with van der Waals surface area (Å²) in [6.45, 7) is -0.0188. The molecule has 3 N–H and O–H groups in total. The second-order valence-electron chi connectivity index (χ2n) is 7.03. The summed E-state index contributed by atoms with van der Waals surface area (Å²) in [6.07, 6.45) is -3.10. The van der Waals surface area contributed by atoms with E-state index in [2.05, 4.69) is 15.7 Å². The molecule has 0 aliphatic heterocycles. The minimum atomic E-state index is -4.43. The summed E-state index contributed by atoms with van der Waals surface area (Å²) in [4.78, 5) is 12.6. The number of aromatic hydroxyl groups is 1. The lowest BCUT2D eigenvalue weighted by atomic mass is 10.1. The van der Waals surface area contributed by atoms with Crippen molar-refractivity contribution in [3.05, 3.63) is 82.0 Å². The van der Waals surface area contributed by atoms with Gasteiger partial charge in [-0.1, -0.05) is 41.4 Å². The maximum Gasteiger partial charge on any atom is 0.416 e. The fraction of sp³-hybridized carbons (Fsp3) is 0.0909.